The highest BCUT2D eigenvalue weighted by Gasteiger charge is 2.26. The Hall–Kier alpha value is -0.570. The average molecular weight is 239 g/mol. The summed E-state index contributed by atoms with van der Waals surface area (Å²) in [5.41, 5.74) is 5.84. The molecule has 1 heterocycles. The van der Waals surface area contributed by atoms with Crippen LogP contribution in [0.3, 0.4) is 0 Å². The van der Waals surface area contributed by atoms with Crippen molar-refractivity contribution in [2.75, 3.05) is 19.6 Å². The molecule has 1 rings (SSSR count). The van der Waals surface area contributed by atoms with Crippen LogP contribution in [-0.2, 0) is 0 Å². The van der Waals surface area contributed by atoms with Gasteiger partial charge in [-0.05, 0) is 56.7 Å². The molecule has 0 radical (unpaired) electrons. The summed E-state index contributed by atoms with van der Waals surface area (Å²) in [7, 11) is 0. The Morgan fingerprint density at radius 2 is 2.00 bits per heavy atom. The molecule has 1 aliphatic heterocycles. The van der Waals surface area contributed by atoms with E-state index in [2.05, 4.69) is 25.7 Å². The molecular formula is C14H29N3. The van der Waals surface area contributed by atoms with E-state index in [-0.39, 0.29) is 0 Å². The maximum atomic E-state index is 7.23. The van der Waals surface area contributed by atoms with E-state index in [9.17, 15) is 0 Å². The predicted octanol–water partition coefficient (Wildman–Crippen LogP) is 2.85. The third kappa shape index (κ3) is 5.53. The molecule has 1 unspecified atom stereocenters. The van der Waals surface area contributed by atoms with Gasteiger partial charge in [-0.2, -0.15) is 0 Å². The van der Waals surface area contributed by atoms with E-state index in [1.165, 1.54) is 32.4 Å². The largest absolute Gasteiger partial charge is 0.388 e. The molecule has 0 aliphatic carbocycles. The minimum absolute atomic E-state index is 0.326. The Balaban J connectivity index is 2.30. The van der Waals surface area contributed by atoms with Crippen molar-refractivity contribution in [3.63, 3.8) is 0 Å². The van der Waals surface area contributed by atoms with Crippen molar-refractivity contribution in [2.24, 2.45) is 17.1 Å². The Kier molecular flexibility index (Phi) is 5.44. The number of nitrogens with one attached hydrogen (secondary N) is 1. The smallest absolute Gasteiger partial charge is 0.0905 e. The van der Waals surface area contributed by atoms with Gasteiger partial charge in [-0.3, -0.25) is 5.41 Å². The second-order valence-electron chi connectivity index (χ2n) is 6.46. The lowest BCUT2D eigenvalue weighted by atomic mass is 9.77. The highest BCUT2D eigenvalue weighted by molar-refractivity contribution is 5.76. The highest BCUT2D eigenvalue weighted by atomic mass is 15.1. The van der Waals surface area contributed by atoms with Crippen molar-refractivity contribution in [3.8, 4) is 0 Å². The zero-order valence-corrected chi connectivity index (χ0v) is 11.8. The lowest BCUT2D eigenvalue weighted by molar-refractivity contribution is 0.208. The van der Waals surface area contributed by atoms with Gasteiger partial charge >= 0.3 is 0 Å². The Morgan fingerprint density at radius 3 is 2.59 bits per heavy atom. The fourth-order valence-electron chi connectivity index (χ4n) is 2.74. The van der Waals surface area contributed by atoms with Gasteiger partial charge in [0, 0.05) is 6.42 Å². The van der Waals surface area contributed by atoms with Gasteiger partial charge in [0.2, 0.25) is 0 Å². The topological polar surface area (TPSA) is 53.1 Å². The van der Waals surface area contributed by atoms with Crippen molar-refractivity contribution in [1.29, 1.82) is 5.41 Å². The van der Waals surface area contributed by atoms with Crippen LogP contribution in [0, 0.1) is 16.7 Å². The van der Waals surface area contributed by atoms with E-state index in [0.717, 1.165) is 25.3 Å². The molecule has 100 valence electrons. The molecule has 0 spiro atoms. The van der Waals surface area contributed by atoms with Gasteiger partial charge in [0.15, 0.2) is 0 Å². The molecule has 0 saturated carbocycles. The van der Waals surface area contributed by atoms with E-state index in [0.29, 0.717) is 11.3 Å². The van der Waals surface area contributed by atoms with Crippen LogP contribution in [0.1, 0.15) is 52.9 Å². The SMILES string of the molecule is CC(C)(C)C1CCCN(CCCC(=N)N)CC1. The molecule has 0 aromatic rings. The molecule has 1 saturated heterocycles. The summed E-state index contributed by atoms with van der Waals surface area (Å²) >= 11 is 0. The molecule has 3 heteroatoms. The summed E-state index contributed by atoms with van der Waals surface area (Å²) < 4.78 is 0. The molecule has 0 amide bonds. The predicted molar refractivity (Wildman–Crippen MR) is 74.4 cm³/mol. The number of rotatable bonds is 4. The first-order valence-electron chi connectivity index (χ1n) is 6.95. The van der Waals surface area contributed by atoms with Gasteiger partial charge in [0.1, 0.15) is 0 Å². The highest BCUT2D eigenvalue weighted by Crippen LogP contribution is 2.34. The maximum Gasteiger partial charge on any atom is 0.0905 e. The van der Waals surface area contributed by atoms with Gasteiger partial charge in [-0.25, -0.2) is 0 Å². The van der Waals surface area contributed by atoms with Crippen LogP contribution < -0.4 is 5.73 Å². The average Bonchev–Trinajstić information content (AvgIpc) is 2.41. The van der Waals surface area contributed by atoms with Crippen LogP contribution in [-0.4, -0.2) is 30.4 Å². The van der Waals surface area contributed by atoms with Gasteiger partial charge in [-0.1, -0.05) is 20.8 Å². The van der Waals surface area contributed by atoms with Crippen LogP contribution in [0.4, 0.5) is 0 Å². The zero-order chi connectivity index (χ0) is 12.9. The molecule has 0 bridgehead atoms. The third-order valence-corrected chi connectivity index (χ3v) is 3.97. The van der Waals surface area contributed by atoms with Crippen LogP contribution >= 0.6 is 0 Å². The second kappa shape index (κ2) is 6.39. The number of likely N-dealkylation sites (tertiary alicyclic amines) is 1. The van der Waals surface area contributed by atoms with Gasteiger partial charge in [-0.15, -0.1) is 0 Å². The molecule has 1 atom stereocenters. The molecule has 3 nitrogen and oxygen atoms in total. The van der Waals surface area contributed by atoms with E-state index in [4.69, 9.17) is 11.1 Å². The van der Waals surface area contributed by atoms with Crippen molar-refractivity contribution in [1.82, 2.24) is 4.90 Å². The van der Waals surface area contributed by atoms with Gasteiger partial charge in [0.05, 0.1) is 5.84 Å². The number of nitrogens with two attached hydrogens (primary N) is 1. The minimum Gasteiger partial charge on any atom is -0.388 e. The van der Waals surface area contributed by atoms with E-state index in [1.807, 2.05) is 0 Å². The van der Waals surface area contributed by atoms with Crippen LogP contribution in [0.5, 0.6) is 0 Å². The fraction of sp³-hybridized carbons (Fsp3) is 0.929. The minimum atomic E-state index is 0.326. The first-order valence-corrected chi connectivity index (χ1v) is 6.95. The van der Waals surface area contributed by atoms with Crippen molar-refractivity contribution in [2.45, 2.75) is 52.9 Å². The van der Waals surface area contributed by atoms with Crippen LogP contribution in [0.25, 0.3) is 0 Å². The standard InChI is InChI=1S/C14H29N3/c1-14(2,3)12-6-4-9-17(11-8-12)10-5-7-13(15)16/h12H,4-11H2,1-3H3,(H3,15,16). The first kappa shape index (κ1) is 14.5. The van der Waals surface area contributed by atoms with Gasteiger partial charge < -0.3 is 10.6 Å². The summed E-state index contributed by atoms with van der Waals surface area (Å²) in [5.74, 6) is 1.19. The number of hydrogen-bond donors (Lipinski definition) is 2. The quantitative estimate of drug-likeness (QED) is 0.585. The fourth-order valence-corrected chi connectivity index (χ4v) is 2.74. The lowest BCUT2D eigenvalue weighted by Gasteiger charge is -2.29. The van der Waals surface area contributed by atoms with Crippen LogP contribution in [0.2, 0.25) is 0 Å². The summed E-state index contributed by atoms with van der Waals surface area (Å²) in [6.45, 7) is 10.6. The normalized spacial score (nSPS) is 23.4. The molecule has 0 aromatic carbocycles. The number of hydrogen-bond acceptors (Lipinski definition) is 2. The zero-order valence-electron chi connectivity index (χ0n) is 11.8. The molecule has 1 fully saturated rings. The summed E-state index contributed by atoms with van der Waals surface area (Å²) in [5, 5.41) is 7.23. The molecule has 0 aromatic heterocycles. The van der Waals surface area contributed by atoms with Crippen molar-refractivity contribution >= 4 is 5.84 Å². The molecule has 1 aliphatic rings. The first-order chi connectivity index (χ1) is 7.89. The third-order valence-electron chi connectivity index (χ3n) is 3.97. The lowest BCUT2D eigenvalue weighted by Crippen LogP contribution is -2.28. The Morgan fingerprint density at radius 1 is 1.29 bits per heavy atom. The summed E-state index contributed by atoms with van der Waals surface area (Å²) in [4.78, 5) is 2.55. The number of nitrogens with zero attached hydrogens (tertiary/aromatic N) is 1. The molecular weight excluding hydrogens is 210 g/mol. The second-order valence-corrected chi connectivity index (χ2v) is 6.46. The molecule has 17 heavy (non-hydrogen) atoms. The Labute approximate surface area is 106 Å². The number of amidine groups is 1. The summed E-state index contributed by atoms with van der Waals surface area (Å²) in [6, 6.07) is 0. The Bertz CT molecular complexity index is 242. The van der Waals surface area contributed by atoms with Gasteiger partial charge in [0.25, 0.3) is 0 Å². The summed E-state index contributed by atoms with van der Waals surface area (Å²) in [6.07, 6.45) is 5.80. The van der Waals surface area contributed by atoms with Crippen molar-refractivity contribution < 1.29 is 0 Å². The maximum absolute atomic E-state index is 7.23. The van der Waals surface area contributed by atoms with E-state index >= 15 is 0 Å². The van der Waals surface area contributed by atoms with E-state index in [1.54, 1.807) is 0 Å². The van der Waals surface area contributed by atoms with Crippen molar-refractivity contribution in [3.05, 3.63) is 0 Å². The van der Waals surface area contributed by atoms with E-state index < -0.39 is 0 Å². The monoisotopic (exact) mass is 239 g/mol. The molecule has 3 N–H and O–H groups in total. The van der Waals surface area contributed by atoms with Crippen LogP contribution in [0.15, 0.2) is 0 Å².